The number of thioether (sulfide) groups is 1. The molecule has 30 heavy (non-hydrogen) atoms. The number of hydrogen-bond acceptors (Lipinski definition) is 6. The first-order chi connectivity index (χ1) is 14.6. The Morgan fingerprint density at radius 1 is 1.20 bits per heavy atom. The number of nitriles is 1. The van der Waals surface area contributed by atoms with Gasteiger partial charge in [-0.2, -0.15) is 5.26 Å². The zero-order chi connectivity index (χ0) is 21.3. The molecule has 3 rings (SSSR count). The topological polar surface area (TPSA) is 77.1 Å². The first-order valence-corrected chi connectivity index (χ1v) is 11.4. The maximum Gasteiger partial charge on any atom is 0.262 e. The molecule has 156 valence electrons. The van der Waals surface area contributed by atoms with Gasteiger partial charge in [-0.05, 0) is 55.8 Å². The lowest BCUT2D eigenvalue weighted by atomic mass is 10.2. The second-order valence-corrected chi connectivity index (χ2v) is 8.37. The number of ether oxygens (including phenoxy) is 2. The Labute approximate surface area is 188 Å². The predicted molar refractivity (Wildman–Crippen MR) is 122 cm³/mol. The minimum Gasteiger partial charge on any atom is -0.493 e. The molecular formula is C22H22BrN3O3S. The summed E-state index contributed by atoms with van der Waals surface area (Å²) in [5.74, 6) is 1.35. The van der Waals surface area contributed by atoms with Crippen LogP contribution in [0.2, 0.25) is 0 Å². The van der Waals surface area contributed by atoms with E-state index >= 15 is 0 Å². The van der Waals surface area contributed by atoms with Crippen LogP contribution in [0.25, 0.3) is 10.9 Å². The summed E-state index contributed by atoms with van der Waals surface area (Å²) in [6.07, 6.45) is 0.740. The van der Waals surface area contributed by atoms with E-state index in [2.05, 4.69) is 22.0 Å². The van der Waals surface area contributed by atoms with Crippen LogP contribution in [-0.4, -0.2) is 35.1 Å². The molecule has 0 atom stereocenters. The van der Waals surface area contributed by atoms with Crippen molar-refractivity contribution >= 4 is 38.6 Å². The fourth-order valence-electron chi connectivity index (χ4n) is 2.87. The van der Waals surface area contributed by atoms with Gasteiger partial charge in [-0.15, -0.1) is 0 Å². The van der Waals surface area contributed by atoms with Crippen molar-refractivity contribution in [2.24, 2.45) is 0 Å². The number of halogens is 1. The molecule has 0 saturated carbocycles. The maximum atomic E-state index is 13.1. The lowest BCUT2D eigenvalue weighted by Gasteiger charge is -2.13. The van der Waals surface area contributed by atoms with E-state index in [-0.39, 0.29) is 5.56 Å². The zero-order valence-electron chi connectivity index (χ0n) is 16.6. The number of hydrogen-bond donors (Lipinski definition) is 0. The smallest absolute Gasteiger partial charge is 0.262 e. The minimum absolute atomic E-state index is 0.0479. The molecule has 0 aliphatic rings. The summed E-state index contributed by atoms with van der Waals surface area (Å²) in [6.45, 7) is 4.23. The molecule has 6 nitrogen and oxygen atoms in total. The second kappa shape index (κ2) is 11.2. The van der Waals surface area contributed by atoms with Crippen molar-refractivity contribution in [2.75, 3.05) is 25.6 Å². The van der Waals surface area contributed by atoms with Gasteiger partial charge in [0, 0.05) is 30.0 Å². The SMILES string of the molecule is CCOCCCn1c(SCCOc2ccc(C#N)cc2)nc2ccc(Br)cc2c1=O. The van der Waals surface area contributed by atoms with E-state index in [9.17, 15) is 4.79 Å². The monoisotopic (exact) mass is 487 g/mol. The van der Waals surface area contributed by atoms with Crippen molar-refractivity contribution in [1.29, 1.82) is 5.26 Å². The molecule has 0 radical (unpaired) electrons. The van der Waals surface area contributed by atoms with Crippen molar-refractivity contribution < 1.29 is 9.47 Å². The average molecular weight is 488 g/mol. The molecule has 3 aromatic rings. The molecule has 1 aromatic heterocycles. The summed E-state index contributed by atoms with van der Waals surface area (Å²) < 4.78 is 13.7. The van der Waals surface area contributed by atoms with Gasteiger partial charge in [-0.3, -0.25) is 9.36 Å². The van der Waals surface area contributed by atoms with Gasteiger partial charge in [0.2, 0.25) is 0 Å². The van der Waals surface area contributed by atoms with Gasteiger partial charge in [0.15, 0.2) is 5.16 Å². The lowest BCUT2D eigenvalue weighted by molar-refractivity contribution is 0.140. The van der Waals surface area contributed by atoms with Crippen molar-refractivity contribution in [3.63, 3.8) is 0 Å². The maximum absolute atomic E-state index is 13.1. The van der Waals surface area contributed by atoms with Crippen LogP contribution in [0.15, 0.2) is 56.9 Å². The number of nitrogens with zero attached hydrogens (tertiary/aromatic N) is 3. The lowest BCUT2D eigenvalue weighted by Crippen LogP contribution is -2.24. The summed E-state index contributed by atoms with van der Waals surface area (Å²) in [4.78, 5) is 17.8. The molecular weight excluding hydrogens is 466 g/mol. The number of rotatable bonds is 10. The van der Waals surface area contributed by atoms with Crippen LogP contribution in [0.5, 0.6) is 5.75 Å². The van der Waals surface area contributed by atoms with Gasteiger partial charge in [0.05, 0.1) is 29.1 Å². The average Bonchev–Trinajstić information content (AvgIpc) is 2.76. The van der Waals surface area contributed by atoms with Gasteiger partial charge < -0.3 is 9.47 Å². The highest BCUT2D eigenvalue weighted by Crippen LogP contribution is 2.21. The van der Waals surface area contributed by atoms with Crippen molar-refractivity contribution in [1.82, 2.24) is 9.55 Å². The standard InChI is InChI=1S/C22H22BrN3O3S/c1-2-28-11-3-10-26-21(27)19-14-17(23)6-9-20(19)25-22(26)30-13-12-29-18-7-4-16(15-24)5-8-18/h4-9,14H,2-3,10-13H2,1H3. The van der Waals surface area contributed by atoms with Gasteiger partial charge in [-0.25, -0.2) is 4.98 Å². The Balaban J connectivity index is 1.72. The molecule has 0 fully saturated rings. The Bertz CT molecular complexity index is 1090. The van der Waals surface area contributed by atoms with Gasteiger partial charge in [0.25, 0.3) is 5.56 Å². The summed E-state index contributed by atoms with van der Waals surface area (Å²) in [5.41, 5.74) is 1.23. The predicted octanol–water partition coefficient (Wildman–Crippen LogP) is 4.63. The summed E-state index contributed by atoms with van der Waals surface area (Å²) in [6, 6.07) is 14.6. The molecule has 0 aliphatic heterocycles. The van der Waals surface area contributed by atoms with Crippen molar-refractivity contribution in [3.8, 4) is 11.8 Å². The first kappa shape index (κ1) is 22.3. The van der Waals surface area contributed by atoms with Crippen LogP contribution in [0.4, 0.5) is 0 Å². The fourth-order valence-corrected chi connectivity index (χ4v) is 4.07. The van der Waals surface area contributed by atoms with E-state index < -0.39 is 0 Å². The summed E-state index contributed by atoms with van der Waals surface area (Å²) >= 11 is 4.92. The van der Waals surface area contributed by atoms with E-state index in [4.69, 9.17) is 19.7 Å². The van der Waals surface area contributed by atoms with Crippen LogP contribution in [0.3, 0.4) is 0 Å². The van der Waals surface area contributed by atoms with E-state index in [1.54, 1.807) is 28.8 Å². The Kier molecular flexibility index (Phi) is 8.31. The first-order valence-electron chi connectivity index (χ1n) is 9.66. The van der Waals surface area contributed by atoms with Gasteiger partial charge >= 0.3 is 0 Å². The third-order valence-corrected chi connectivity index (χ3v) is 5.76. The molecule has 0 unspecified atom stereocenters. The zero-order valence-corrected chi connectivity index (χ0v) is 19.0. The van der Waals surface area contributed by atoms with Crippen LogP contribution < -0.4 is 10.3 Å². The van der Waals surface area contributed by atoms with Gasteiger partial charge in [0.1, 0.15) is 5.75 Å². The highest BCUT2D eigenvalue weighted by molar-refractivity contribution is 9.10. The molecule has 0 amide bonds. The van der Waals surface area contributed by atoms with E-state index in [0.29, 0.717) is 59.5 Å². The highest BCUT2D eigenvalue weighted by Gasteiger charge is 2.12. The molecule has 0 aliphatic carbocycles. The molecule has 1 heterocycles. The number of aromatic nitrogens is 2. The van der Waals surface area contributed by atoms with E-state index in [1.165, 1.54) is 11.8 Å². The molecule has 2 aromatic carbocycles. The molecule has 0 N–H and O–H groups in total. The normalized spacial score (nSPS) is 10.8. The van der Waals surface area contributed by atoms with Crippen LogP contribution in [0, 0.1) is 11.3 Å². The van der Waals surface area contributed by atoms with Crippen LogP contribution in [0.1, 0.15) is 18.9 Å². The molecule has 8 heteroatoms. The highest BCUT2D eigenvalue weighted by atomic mass is 79.9. The third-order valence-electron chi connectivity index (χ3n) is 4.32. The molecule has 0 bridgehead atoms. The number of fused-ring (bicyclic) bond motifs is 1. The quantitative estimate of drug-likeness (QED) is 0.235. The summed E-state index contributed by atoms with van der Waals surface area (Å²) in [7, 11) is 0. The minimum atomic E-state index is -0.0479. The van der Waals surface area contributed by atoms with Crippen molar-refractivity contribution in [3.05, 3.63) is 62.9 Å². The van der Waals surface area contributed by atoms with Crippen LogP contribution >= 0.6 is 27.7 Å². The Hall–Kier alpha value is -2.34. The van der Waals surface area contributed by atoms with E-state index in [0.717, 1.165) is 10.9 Å². The van der Waals surface area contributed by atoms with Gasteiger partial charge in [-0.1, -0.05) is 27.7 Å². The second-order valence-electron chi connectivity index (χ2n) is 6.40. The van der Waals surface area contributed by atoms with Crippen LogP contribution in [-0.2, 0) is 11.3 Å². The number of benzene rings is 2. The summed E-state index contributed by atoms with van der Waals surface area (Å²) in [5, 5.41) is 10.1. The Morgan fingerprint density at radius 3 is 2.73 bits per heavy atom. The third kappa shape index (κ3) is 5.85. The van der Waals surface area contributed by atoms with Crippen molar-refractivity contribution in [2.45, 2.75) is 25.0 Å². The Morgan fingerprint density at radius 2 is 2.00 bits per heavy atom. The fraction of sp³-hybridized carbons (Fsp3) is 0.318. The molecule has 0 spiro atoms. The van der Waals surface area contributed by atoms with E-state index in [1.807, 2.05) is 25.1 Å². The largest absolute Gasteiger partial charge is 0.493 e. The molecule has 0 saturated heterocycles.